The van der Waals surface area contributed by atoms with Crippen LogP contribution in [0.3, 0.4) is 0 Å². The molecule has 0 saturated heterocycles. The number of rotatable bonds is 5. The monoisotopic (exact) mass is 192 g/mol. The molecule has 1 rings (SSSR count). The van der Waals surface area contributed by atoms with E-state index in [2.05, 4.69) is 10.6 Å². The molecule has 0 aliphatic carbocycles. The molecule has 0 heterocycles. The molecule has 0 fully saturated rings. The Morgan fingerprint density at radius 2 is 2.00 bits per heavy atom. The quantitative estimate of drug-likeness (QED) is 0.647. The molecule has 4 heteroatoms. The largest absolute Gasteiger partial charge is 0.350 e. The first-order valence-corrected chi connectivity index (χ1v) is 4.30. The second-order valence-corrected chi connectivity index (χ2v) is 2.76. The number of hydrogen-bond acceptors (Lipinski definition) is 2. The minimum Gasteiger partial charge on any atom is -0.350 e. The third kappa shape index (κ3) is 3.71. The maximum Gasteiger partial charge on any atom is 0.239 e. The molecular formula is C10H12N2O2. The molecule has 0 saturated carbocycles. The maximum atomic E-state index is 11.0. The van der Waals surface area contributed by atoms with Gasteiger partial charge in [0.1, 0.15) is 0 Å². The highest BCUT2D eigenvalue weighted by Gasteiger charge is 1.98. The van der Waals surface area contributed by atoms with Crippen LogP contribution in [0.5, 0.6) is 0 Å². The van der Waals surface area contributed by atoms with Crippen molar-refractivity contribution in [1.29, 1.82) is 0 Å². The first-order chi connectivity index (χ1) is 6.83. The second-order valence-electron chi connectivity index (χ2n) is 2.76. The van der Waals surface area contributed by atoms with Crippen LogP contribution in [0.25, 0.3) is 0 Å². The van der Waals surface area contributed by atoms with Crippen molar-refractivity contribution < 1.29 is 9.59 Å². The van der Waals surface area contributed by atoms with Crippen molar-refractivity contribution in [3.8, 4) is 0 Å². The molecule has 0 unspecified atom stereocenters. The third-order valence-electron chi connectivity index (χ3n) is 1.68. The summed E-state index contributed by atoms with van der Waals surface area (Å²) in [4.78, 5) is 20.9. The Bertz CT molecular complexity index is 298. The van der Waals surface area contributed by atoms with E-state index in [4.69, 9.17) is 0 Å². The lowest BCUT2D eigenvalue weighted by Gasteiger charge is -2.03. The molecule has 0 aromatic heterocycles. The molecule has 1 aromatic carbocycles. The van der Waals surface area contributed by atoms with Crippen LogP contribution >= 0.6 is 0 Å². The fourth-order valence-corrected chi connectivity index (χ4v) is 0.993. The van der Waals surface area contributed by atoms with Crippen molar-refractivity contribution in [2.75, 3.05) is 6.54 Å². The van der Waals surface area contributed by atoms with Crippen LogP contribution in [0.1, 0.15) is 5.56 Å². The number of benzene rings is 1. The van der Waals surface area contributed by atoms with Gasteiger partial charge in [0, 0.05) is 6.54 Å². The zero-order chi connectivity index (χ0) is 10.2. The van der Waals surface area contributed by atoms with E-state index in [1.807, 2.05) is 30.3 Å². The summed E-state index contributed by atoms with van der Waals surface area (Å²) < 4.78 is 0. The number of amides is 2. The van der Waals surface area contributed by atoms with Gasteiger partial charge in [-0.15, -0.1) is 0 Å². The van der Waals surface area contributed by atoms with Gasteiger partial charge in [-0.2, -0.15) is 0 Å². The Balaban J connectivity index is 2.27. The Hall–Kier alpha value is -1.84. The van der Waals surface area contributed by atoms with E-state index in [1.165, 1.54) is 0 Å². The molecule has 14 heavy (non-hydrogen) atoms. The summed E-state index contributed by atoms with van der Waals surface area (Å²) in [6.07, 6.45) is 0.502. The second kappa shape index (κ2) is 5.75. The summed E-state index contributed by atoms with van der Waals surface area (Å²) in [5, 5.41) is 4.97. The Kier molecular flexibility index (Phi) is 4.20. The first-order valence-electron chi connectivity index (χ1n) is 4.30. The first kappa shape index (κ1) is 10.2. The zero-order valence-electron chi connectivity index (χ0n) is 7.69. The summed E-state index contributed by atoms with van der Waals surface area (Å²) in [6, 6.07) is 9.58. The number of nitrogens with one attached hydrogen (secondary N) is 2. The van der Waals surface area contributed by atoms with Gasteiger partial charge in [-0.1, -0.05) is 30.3 Å². The van der Waals surface area contributed by atoms with Gasteiger partial charge in [-0.25, -0.2) is 0 Å². The fourth-order valence-electron chi connectivity index (χ4n) is 0.993. The Morgan fingerprint density at radius 3 is 2.64 bits per heavy atom. The summed E-state index contributed by atoms with van der Waals surface area (Å²) in [7, 11) is 0. The third-order valence-corrected chi connectivity index (χ3v) is 1.68. The van der Waals surface area contributed by atoms with Crippen molar-refractivity contribution in [1.82, 2.24) is 10.6 Å². The Labute approximate surface area is 82.3 Å². The topological polar surface area (TPSA) is 58.2 Å². The van der Waals surface area contributed by atoms with Crippen LogP contribution in [-0.2, 0) is 16.1 Å². The average molecular weight is 192 g/mol. The van der Waals surface area contributed by atoms with Gasteiger partial charge < -0.3 is 10.6 Å². The van der Waals surface area contributed by atoms with Crippen LogP contribution in [0.4, 0.5) is 0 Å². The highest BCUT2D eigenvalue weighted by atomic mass is 16.2. The van der Waals surface area contributed by atoms with Crippen molar-refractivity contribution in [3.05, 3.63) is 35.9 Å². The Morgan fingerprint density at radius 1 is 1.29 bits per heavy atom. The van der Waals surface area contributed by atoms with E-state index < -0.39 is 0 Å². The van der Waals surface area contributed by atoms with Crippen LogP contribution in [0.15, 0.2) is 30.3 Å². The van der Waals surface area contributed by atoms with Gasteiger partial charge in [0.05, 0.1) is 6.54 Å². The molecule has 2 amide bonds. The lowest BCUT2D eigenvalue weighted by atomic mass is 10.2. The van der Waals surface area contributed by atoms with Crippen LogP contribution in [0, 0.1) is 0 Å². The molecule has 0 radical (unpaired) electrons. The molecule has 74 valence electrons. The number of hydrogen-bond donors (Lipinski definition) is 2. The van der Waals surface area contributed by atoms with E-state index in [1.54, 1.807) is 0 Å². The van der Waals surface area contributed by atoms with Crippen LogP contribution < -0.4 is 10.6 Å². The van der Waals surface area contributed by atoms with Gasteiger partial charge in [-0.05, 0) is 5.56 Å². The van der Waals surface area contributed by atoms with Crippen LogP contribution in [0.2, 0.25) is 0 Å². The van der Waals surface area contributed by atoms with Crippen molar-refractivity contribution in [3.63, 3.8) is 0 Å². The van der Waals surface area contributed by atoms with E-state index in [0.29, 0.717) is 13.0 Å². The summed E-state index contributed by atoms with van der Waals surface area (Å²) >= 11 is 0. The predicted molar refractivity (Wildman–Crippen MR) is 52.4 cm³/mol. The molecule has 4 nitrogen and oxygen atoms in total. The minimum atomic E-state index is -0.194. The lowest BCUT2D eigenvalue weighted by molar-refractivity contribution is -0.122. The number of carbonyl (C=O) groups excluding carboxylic acids is 2. The van der Waals surface area contributed by atoms with E-state index in [0.717, 1.165) is 5.56 Å². The SMILES string of the molecule is O=CNCC(=O)NCc1ccccc1. The molecule has 0 atom stereocenters. The van der Waals surface area contributed by atoms with Gasteiger partial charge in [0.2, 0.25) is 12.3 Å². The van der Waals surface area contributed by atoms with Crippen molar-refractivity contribution in [2.45, 2.75) is 6.54 Å². The minimum absolute atomic E-state index is 0.0241. The van der Waals surface area contributed by atoms with Crippen molar-refractivity contribution in [2.24, 2.45) is 0 Å². The van der Waals surface area contributed by atoms with E-state index in [-0.39, 0.29) is 12.5 Å². The predicted octanol–water partition coefficient (Wildman–Crippen LogP) is 0.0488. The standard InChI is InChI=1S/C10H12N2O2/c13-8-11-7-10(14)12-6-9-4-2-1-3-5-9/h1-5,8H,6-7H2,(H,11,13)(H,12,14). The number of carbonyl (C=O) groups is 2. The molecule has 0 aliphatic rings. The molecule has 1 aromatic rings. The van der Waals surface area contributed by atoms with Crippen LogP contribution in [-0.4, -0.2) is 18.9 Å². The highest BCUT2D eigenvalue weighted by Crippen LogP contribution is 1.96. The van der Waals surface area contributed by atoms with E-state index in [9.17, 15) is 9.59 Å². The lowest BCUT2D eigenvalue weighted by Crippen LogP contribution is -2.32. The fraction of sp³-hybridized carbons (Fsp3) is 0.200. The van der Waals surface area contributed by atoms with E-state index >= 15 is 0 Å². The summed E-state index contributed by atoms with van der Waals surface area (Å²) in [5.41, 5.74) is 1.03. The molecular weight excluding hydrogens is 180 g/mol. The van der Waals surface area contributed by atoms with Gasteiger partial charge in [-0.3, -0.25) is 9.59 Å². The summed E-state index contributed by atoms with van der Waals surface area (Å²) in [6.45, 7) is 0.510. The maximum absolute atomic E-state index is 11.0. The molecule has 0 aliphatic heterocycles. The van der Waals surface area contributed by atoms with Gasteiger partial charge in [0.15, 0.2) is 0 Å². The molecule has 2 N–H and O–H groups in total. The highest BCUT2D eigenvalue weighted by molar-refractivity contribution is 5.79. The van der Waals surface area contributed by atoms with Gasteiger partial charge in [0.25, 0.3) is 0 Å². The normalized spacial score (nSPS) is 9.14. The van der Waals surface area contributed by atoms with Gasteiger partial charge >= 0.3 is 0 Å². The summed E-state index contributed by atoms with van der Waals surface area (Å²) in [5.74, 6) is -0.194. The smallest absolute Gasteiger partial charge is 0.239 e. The average Bonchev–Trinajstić information content (AvgIpc) is 2.25. The molecule has 0 spiro atoms. The van der Waals surface area contributed by atoms with Crippen molar-refractivity contribution >= 4 is 12.3 Å². The zero-order valence-corrected chi connectivity index (χ0v) is 7.69. The molecule has 0 bridgehead atoms.